The topological polar surface area (TPSA) is 83.8 Å². The van der Waals surface area contributed by atoms with E-state index in [1.165, 1.54) is 0 Å². The summed E-state index contributed by atoms with van der Waals surface area (Å²) in [7, 11) is 0. The smallest absolute Gasteiger partial charge is 0.226 e. The van der Waals surface area contributed by atoms with E-state index in [4.69, 9.17) is 5.73 Å². The monoisotopic (exact) mass is 218 g/mol. The van der Waals surface area contributed by atoms with Gasteiger partial charge in [-0.1, -0.05) is 13.8 Å². The van der Waals surface area contributed by atoms with E-state index in [2.05, 4.69) is 15.3 Å². The summed E-state index contributed by atoms with van der Waals surface area (Å²) < 4.78 is 0. The highest BCUT2D eigenvalue weighted by molar-refractivity contribution is 5.94. The lowest BCUT2D eigenvalue weighted by Crippen LogP contribution is -2.17. The summed E-state index contributed by atoms with van der Waals surface area (Å²) >= 11 is 0. The van der Waals surface area contributed by atoms with Crippen molar-refractivity contribution in [2.45, 2.75) is 13.8 Å². The number of hydrogen-bond acceptors (Lipinski definition) is 3. The molecule has 0 saturated carbocycles. The van der Waals surface area contributed by atoms with Crippen LogP contribution in [-0.4, -0.2) is 15.9 Å². The number of carbonyl (C=O) groups is 1. The fraction of sp³-hybridized carbons (Fsp3) is 0.273. The molecule has 16 heavy (non-hydrogen) atoms. The van der Waals surface area contributed by atoms with Crippen molar-refractivity contribution in [2.24, 2.45) is 5.92 Å². The lowest BCUT2D eigenvalue weighted by Gasteiger charge is -2.07. The van der Waals surface area contributed by atoms with E-state index in [9.17, 15) is 4.79 Å². The number of nitrogens with one attached hydrogen (secondary N) is 2. The molecule has 5 nitrogen and oxygen atoms in total. The fourth-order valence-corrected chi connectivity index (χ4v) is 1.39. The van der Waals surface area contributed by atoms with E-state index in [-0.39, 0.29) is 11.8 Å². The Labute approximate surface area is 93.1 Å². The molecule has 0 aliphatic carbocycles. The minimum Gasteiger partial charge on any atom is -0.369 e. The van der Waals surface area contributed by atoms with Gasteiger partial charge in [0.15, 0.2) is 5.95 Å². The first-order valence-electron chi connectivity index (χ1n) is 5.12. The van der Waals surface area contributed by atoms with Crippen LogP contribution >= 0.6 is 0 Å². The molecule has 0 aliphatic rings. The van der Waals surface area contributed by atoms with Gasteiger partial charge in [-0.05, 0) is 18.2 Å². The van der Waals surface area contributed by atoms with E-state index in [0.717, 1.165) is 16.7 Å². The summed E-state index contributed by atoms with van der Waals surface area (Å²) in [4.78, 5) is 18.5. The number of nitrogens with two attached hydrogens (primary N) is 1. The number of rotatable bonds is 2. The molecule has 1 amide bonds. The number of aromatic nitrogens is 2. The van der Waals surface area contributed by atoms with Crippen molar-refractivity contribution in [3.8, 4) is 0 Å². The fourth-order valence-electron chi connectivity index (χ4n) is 1.39. The Kier molecular flexibility index (Phi) is 2.52. The number of imidazole rings is 1. The molecule has 0 bridgehead atoms. The largest absolute Gasteiger partial charge is 0.369 e. The second kappa shape index (κ2) is 3.84. The second-order valence-electron chi connectivity index (χ2n) is 4.00. The maximum absolute atomic E-state index is 11.5. The van der Waals surface area contributed by atoms with Crippen LogP contribution in [0.25, 0.3) is 11.0 Å². The summed E-state index contributed by atoms with van der Waals surface area (Å²) in [6.07, 6.45) is 0. The molecule has 84 valence electrons. The zero-order valence-corrected chi connectivity index (χ0v) is 9.24. The van der Waals surface area contributed by atoms with Crippen LogP contribution in [0.3, 0.4) is 0 Å². The highest BCUT2D eigenvalue weighted by Gasteiger charge is 2.08. The van der Waals surface area contributed by atoms with Crippen molar-refractivity contribution in [3.05, 3.63) is 18.2 Å². The van der Waals surface area contributed by atoms with Gasteiger partial charge in [-0.25, -0.2) is 4.98 Å². The molecule has 2 aromatic rings. The van der Waals surface area contributed by atoms with Crippen molar-refractivity contribution in [3.63, 3.8) is 0 Å². The van der Waals surface area contributed by atoms with Crippen molar-refractivity contribution in [1.29, 1.82) is 0 Å². The quantitative estimate of drug-likeness (QED) is 0.717. The van der Waals surface area contributed by atoms with Crippen molar-refractivity contribution < 1.29 is 4.79 Å². The lowest BCUT2D eigenvalue weighted by atomic mass is 10.2. The molecule has 1 aromatic carbocycles. The Balaban J connectivity index is 2.29. The number of amides is 1. The molecule has 0 saturated heterocycles. The number of hydrogen-bond donors (Lipinski definition) is 3. The van der Waals surface area contributed by atoms with E-state index in [0.29, 0.717) is 5.95 Å². The van der Waals surface area contributed by atoms with Gasteiger partial charge in [-0.3, -0.25) is 4.79 Å². The van der Waals surface area contributed by atoms with E-state index in [1.54, 1.807) is 0 Å². The Morgan fingerprint density at radius 2 is 2.25 bits per heavy atom. The third-order valence-electron chi connectivity index (χ3n) is 2.29. The number of H-pyrrole nitrogens is 1. The van der Waals surface area contributed by atoms with Crippen molar-refractivity contribution >= 4 is 28.6 Å². The van der Waals surface area contributed by atoms with Crippen LogP contribution in [-0.2, 0) is 4.79 Å². The van der Waals surface area contributed by atoms with Crippen LogP contribution in [0.5, 0.6) is 0 Å². The van der Waals surface area contributed by atoms with Crippen LogP contribution < -0.4 is 11.1 Å². The average molecular weight is 218 g/mol. The normalized spacial score (nSPS) is 10.9. The third-order valence-corrected chi connectivity index (χ3v) is 2.29. The molecule has 1 aromatic heterocycles. The Morgan fingerprint density at radius 3 is 2.94 bits per heavy atom. The van der Waals surface area contributed by atoms with E-state index in [1.807, 2.05) is 32.0 Å². The molecule has 0 atom stereocenters. The van der Waals surface area contributed by atoms with Crippen LogP contribution in [0.15, 0.2) is 18.2 Å². The molecule has 2 rings (SSSR count). The Hall–Kier alpha value is -2.04. The molecular weight excluding hydrogens is 204 g/mol. The zero-order valence-electron chi connectivity index (χ0n) is 9.24. The average Bonchev–Trinajstić information content (AvgIpc) is 2.57. The highest BCUT2D eigenvalue weighted by atomic mass is 16.1. The third kappa shape index (κ3) is 1.98. The predicted molar refractivity (Wildman–Crippen MR) is 64.0 cm³/mol. The van der Waals surface area contributed by atoms with Gasteiger partial charge in [0.2, 0.25) is 5.91 Å². The zero-order chi connectivity index (χ0) is 11.7. The minimum absolute atomic E-state index is 0.00756. The first-order valence-corrected chi connectivity index (χ1v) is 5.12. The summed E-state index contributed by atoms with van der Waals surface area (Å²) in [5.41, 5.74) is 7.89. The van der Waals surface area contributed by atoms with Gasteiger partial charge >= 0.3 is 0 Å². The van der Waals surface area contributed by atoms with Gasteiger partial charge in [0.05, 0.1) is 11.0 Å². The number of benzene rings is 1. The summed E-state index contributed by atoms with van der Waals surface area (Å²) in [5, 5.41) is 2.82. The molecule has 0 fully saturated rings. The Bertz CT molecular complexity index is 530. The summed E-state index contributed by atoms with van der Waals surface area (Å²) in [6.45, 7) is 3.70. The molecule has 0 unspecified atom stereocenters. The number of anilines is 2. The van der Waals surface area contributed by atoms with Crippen LogP contribution in [0.2, 0.25) is 0 Å². The molecule has 0 spiro atoms. The van der Waals surface area contributed by atoms with Crippen molar-refractivity contribution in [1.82, 2.24) is 9.97 Å². The van der Waals surface area contributed by atoms with Crippen LogP contribution in [0, 0.1) is 5.92 Å². The highest BCUT2D eigenvalue weighted by Crippen LogP contribution is 2.18. The molecule has 1 heterocycles. The number of nitrogens with zero attached hydrogens (tertiary/aromatic N) is 1. The van der Waals surface area contributed by atoms with Gasteiger partial charge < -0.3 is 16.0 Å². The van der Waals surface area contributed by atoms with Gasteiger partial charge in [0.25, 0.3) is 0 Å². The predicted octanol–water partition coefficient (Wildman–Crippen LogP) is 1.74. The van der Waals surface area contributed by atoms with Gasteiger partial charge in [-0.2, -0.15) is 0 Å². The van der Waals surface area contributed by atoms with Crippen molar-refractivity contribution in [2.75, 3.05) is 11.1 Å². The van der Waals surface area contributed by atoms with Crippen LogP contribution in [0.1, 0.15) is 13.8 Å². The standard InChI is InChI=1S/C11H14N4O/c1-6(2)10(16)13-7-3-4-8-9(5-7)15-11(12)14-8/h3-6H,1-2H3,(H,13,16)(H3,12,14,15). The lowest BCUT2D eigenvalue weighted by molar-refractivity contribution is -0.118. The Morgan fingerprint density at radius 1 is 1.50 bits per heavy atom. The number of carbonyl (C=O) groups excluding carboxylic acids is 1. The number of aromatic amines is 1. The SMILES string of the molecule is CC(C)C(=O)Nc1ccc2nc(N)[nH]c2c1. The minimum atomic E-state index is -0.0393. The maximum atomic E-state index is 11.5. The molecule has 0 aliphatic heterocycles. The molecule has 0 radical (unpaired) electrons. The van der Waals surface area contributed by atoms with Gasteiger partial charge in [0, 0.05) is 11.6 Å². The molecule has 5 heteroatoms. The summed E-state index contributed by atoms with van der Waals surface area (Å²) in [5.74, 6) is 0.330. The summed E-state index contributed by atoms with van der Waals surface area (Å²) in [6, 6.07) is 5.44. The first-order chi connectivity index (χ1) is 7.56. The number of nitrogen functional groups attached to an aromatic ring is 1. The maximum Gasteiger partial charge on any atom is 0.226 e. The second-order valence-corrected chi connectivity index (χ2v) is 4.00. The molecular formula is C11H14N4O. The van der Waals surface area contributed by atoms with E-state index >= 15 is 0 Å². The first kappa shape index (κ1) is 10.5. The van der Waals surface area contributed by atoms with E-state index < -0.39 is 0 Å². The van der Waals surface area contributed by atoms with Crippen LogP contribution in [0.4, 0.5) is 11.6 Å². The molecule has 4 N–H and O–H groups in total. The number of fused-ring (bicyclic) bond motifs is 1. The van der Waals surface area contributed by atoms with Gasteiger partial charge in [-0.15, -0.1) is 0 Å². The van der Waals surface area contributed by atoms with Gasteiger partial charge in [0.1, 0.15) is 0 Å².